The number of rotatable bonds is 16. The van der Waals surface area contributed by atoms with Crippen LogP contribution in [0.5, 0.6) is 0 Å². The van der Waals surface area contributed by atoms with Crippen LogP contribution in [0.15, 0.2) is 117 Å². The van der Waals surface area contributed by atoms with Crippen LogP contribution in [0.1, 0.15) is 38.4 Å². The number of carbonyl (C=O) groups excluding carboxylic acids is 2. The van der Waals surface area contributed by atoms with E-state index in [2.05, 4.69) is 20.6 Å². The number of ketones is 1. The standard InChI is InChI=1S/C41H40F3N7O6S4/c1-49(2)19-17-28(24-58-29-10-4-3-5-11-29)45-33-15-14-30(21-36(33)61(56,57)41(42,43)44)60(54,55)26-35(52)34-25-59-40(46-34)51-20-16-27-9-8-12-31(32(27)22-51)39(53)48-37-23-50-18-7-6-13-38(50)47-37/h3-15,18,21,23,25,28,45H,16-17,19-20,22,24,26H2,1-2H3,(H,48,53)/t28-/m1/s1. The first-order chi connectivity index (χ1) is 29.0. The van der Waals surface area contributed by atoms with Crippen molar-refractivity contribution < 1.29 is 39.6 Å². The van der Waals surface area contributed by atoms with Crippen molar-refractivity contribution in [2.45, 2.75) is 45.6 Å². The third kappa shape index (κ3) is 10.1. The summed E-state index contributed by atoms with van der Waals surface area (Å²) in [5, 5.41) is 7.57. The number of hydrogen-bond acceptors (Lipinski definition) is 13. The summed E-state index contributed by atoms with van der Waals surface area (Å²) in [6.07, 6.45) is 4.50. The average Bonchev–Trinajstić information content (AvgIpc) is 3.89. The van der Waals surface area contributed by atoms with Crippen molar-refractivity contribution in [1.29, 1.82) is 0 Å². The normalized spacial score (nSPS) is 13.9. The van der Waals surface area contributed by atoms with Gasteiger partial charge in [0.05, 0.1) is 16.8 Å². The number of pyridine rings is 1. The fourth-order valence-corrected chi connectivity index (χ4v) is 10.8. The summed E-state index contributed by atoms with van der Waals surface area (Å²) in [6.45, 7) is 1.28. The highest BCUT2D eigenvalue weighted by Crippen LogP contribution is 2.37. The molecular formula is C41H40F3N7O6S4. The number of anilines is 3. The molecule has 0 radical (unpaired) electrons. The first-order valence-electron chi connectivity index (χ1n) is 18.9. The van der Waals surface area contributed by atoms with E-state index >= 15 is 0 Å². The van der Waals surface area contributed by atoms with Crippen LogP contribution >= 0.6 is 23.1 Å². The summed E-state index contributed by atoms with van der Waals surface area (Å²) in [5.74, 6) is -1.73. The number of nitrogens with zero attached hydrogens (tertiary/aromatic N) is 5. The summed E-state index contributed by atoms with van der Waals surface area (Å²) in [7, 11) is -7.08. The minimum atomic E-state index is -6.05. The van der Waals surface area contributed by atoms with E-state index in [0.717, 1.165) is 39.5 Å². The van der Waals surface area contributed by atoms with Gasteiger partial charge in [-0.05, 0) is 93.1 Å². The number of alkyl halides is 3. The molecule has 3 aromatic carbocycles. The summed E-state index contributed by atoms with van der Waals surface area (Å²) in [4.78, 5) is 38.4. The Kier molecular flexibility index (Phi) is 12.9. The molecule has 20 heteroatoms. The molecule has 0 bridgehead atoms. The van der Waals surface area contributed by atoms with Crippen LogP contribution in [0.2, 0.25) is 0 Å². The number of nitrogens with one attached hydrogen (secondary N) is 2. The van der Waals surface area contributed by atoms with Crippen LogP contribution in [0.25, 0.3) is 5.65 Å². The SMILES string of the molecule is CN(C)CC[C@H](CSc1ccccc1)Nc1ccc(S(=O)(=O)CC(=O)c2csc(N3CCc4cccc(C(=O)Nc5cn6ccccc6n5)c4C3)n2)cc1S(=O)(=O)C(F)(F)F. The molecule has 2 N–H and O–H groups in total. The van der Waals surface area contributed by atoms with Gasteiger partial charge in [-0.15, -0.1) is 23.1 Å². The highest BCUT2D eigenvalue weighted by molar-refractivity contribution is 7.99. The third-order valence-electron chi connectivity index (χ3n) is 9.88. The number of imidazole rings is 1. The Morgan fingerprint density at radius 1 is 0.967 bits per heavy atom. The fraction of sp³-hybridized carbons (Fsp3) is 0.268. The first kappa shape index (κ1) is 43.8. The zero-order chi connectivity index (χ0) is 43.5. The van der Waals surface area contributed by atoms with Crippen molar-refractivity contribution in [3.8, 4) is 0 Å². The summed E-state index contributed by atoms with van der Waals surface area (Å²) < 4.78 is 97.2. The maximum atomic E-state index is 14.1. The molecule has 61 heavy (non-hydrogen) atoms. The Hall–Kier alpha value is -5.28. The van der Waals surface area contributed by atoms with Gasteiger partial charge in [-0.1, -0.05) is 36.4 Å². The number of thioether (sulfide) groups is 1. The zero-order valence-corrected chi connectivity index (χ0v) is 36.1. The Bertz CT molecular complexity index is 2760. The number of sulfone groups is 2. The predicted molar refractivity (Wildman–Crippen MR) is 230 cm³/mol. The number of thiazole rings is 1. The van der Waals surface area contributed by atoms with Gasteiger partial charge in [0.15, 0.2) is 26.6 Å². The number of aromatic nitrogens is 3. The minimum absolute atomic E-state index is 0.187. The molecule has 0 saturated carbocycles. The second kappa shape index (κ2) is 18.0. The Balaban J connectivity index is 1.08. The summed E-state index contributed by atoms with van der Waals surface area (Å²) in [5.41, 5.74) is -3.54. The molecule has 7 rings (SSSR count). The molecule has 6 aromatic rings. The predicted octanol–water partition coefficient (Wildman–Crippen LogP) is 7.08. The minimum Gasteiger partial charge on any atom is -0.380 e. The number of benzene rings is 3. The van der Waals surface area contributed by atoms with Crippen molar-refractivity contribution in [2.24, 2.45) is 0 Å². The van der Waals surface area contributed by atoms with Crippen LogP contribution in [-0.4, -0.2) is 98.0 Å². The molecule has 0 spiro atoms. The Labute approximate surface area is 358 Å². The van der Waals surface area contributed by atoms with Crippen LogP contribution < -0.4 is 15.5 Å². The van der Waals surface area contributed by atoms with Gasteiger partial charge in [-0.2, -0.15) is 13.2 Å². The van der Waals surface area contributed by atoms with Crippen LogP contribution in [-0.2, 0) is 32.6 Å². The topological polar surface area (TPSA) is 163 Å². The lowest BCUT2D eigenvalue weighted by Crippen LogP contribution is -2.32. The summed E-state index contributed by atoms with van der Waals surface area (Å²) in [6, 6.07) is 22.1. The molecule has 1 amide bonds. The molecule has 1 aliphatic rings. The van der Waals surface area contributed by atoms with Crippen molar-refractivity contribution in [1.82, 2.24) is 19.3 Å². The molecule has 13 nitrogen and oxygen atoms in total. The van der Waals surface area contributed by atoms with Gasteiger partial charge in [0.1, 0.15) is 22.0 Å². The lowest BCUT2D eigenvalue weighted by atomic mass is 9.94. The first-order valence-corrected chi connectivity index (χ1v) is 23.9. The number of carbonyl (C=O) groups is 2. The van der Waals surface area contributed by atoms with Crippen molar-refractivity contribution in [3.63, 3.8) is 0 Å². The van der Waals surface area contributed by atoms with E-state index in [1.54, 1.807) is 22.7 Å². The number of amides is 1. The maximum Gasteiger partial charge on any atom is 0.501 e. The van der Waals surface area contributed by atoms with Gasteiger partial charge in [0.25, 0.3) is 15.7 Å². The lowest BCUT2D eigenvalue weighted by Gasteiger charge is -2.29. The number of Topliss-reactive ketones (excluding diaryl/α,β-unsaturated/α-hetero) is 1. The molecule has 4 heterocycles. The molecule has 1 aliphatic heterocycles. The van der Waals surface area contributed by atoms with Crippen molar-refractivity contribution in [3.05, 3.63) is 125 Å². The smallest absolute Gasteiger partial charge is 0.380 e. The highest BCUT2D eigenvalue weighted by atomic mass is 32.2. The molecule has 3 aromatic heterocycles. The van der Waals surface area contributed by atoms with Gasteiger partial charge in [-0.25, -0.2) is 26.8 Å². The number of halogens is 3. The van der Waals surface area contributed by atoms with E-state index in [9.17, 15) is 39.6 Å². The van der Waals surface area contributed by atoms with E-state index in [-0.39, 0.29) is 18.1 Å². The van der Waals surface area contributed by atoms with Gasteiger partial charge in [0, 0.05) is 46.9 Å². The van der Waals surface area contributed by atoms with E-state index in [1.807, 2.05) is 84.7 Å². The van der Waals surface area contributed by atoms with E-state index < -0.39 is 58.2 Å². The Morgan fingerprint density at radius 2 is 1.74 bits per heavy atom. The summed E-state index contributed by atoms with van der Waals surface area (Å²) >= 11 is 2.52. The second-order valence-corrected chi connectivity index (χ2v) is 20.4. The van der Waals surface area contributed by atoms with Crippen LogP contribution in [0.4, 0.5) is 29.8 Å². The second-order valence-electron chi connectivity index (χ2n) is 14.5. The average molecular weight is 912 g/mol. The molecule has 320 valence electrons. The monoisotopic (exact) mass is 911 g/mol. The van der Waals surface area contributed by atoms with Crippen molar-refractivity contribution in [2.75, 3.05) is 54.2 Å². The van der Waals surface area contributed by atoms with E-state index in [4.69, 9.17) is 0 Å². The maximum absolute atomic E-state index is 14.1. The number of hydrogen-bond donors (Lipinski definition) is 2. The van der Waals surface area contributed by atoms with E-state index in [1.165, 1.54) is 17.1 Å². The number of fused-ring (bicyclic) bond motifs is 2. The fourth-order valence-electron chi connectivity index (χ4n) is 6.71. The third-order valence-corrected chi connectivity index (χ3v) is 15.1. The van der Waals surface area contributed by atoms with Gasteiger partial charge in [0.2, 0.25) is 0 Å². The van der Waals surface area contributed by atoms with E-state index in [0.29, 0.717) is 59.9 Å². The Morgan fingerprint density at radius 3 is 2.48 bits per heavy atom. The molecule has 1 atom stereocenters. The zero-order valence-electron chi connectivity index (χ0n) is 32.8. The molecule has 0 fully saturated rings. The largest absolute Gasteiger partial charge is 0.501 e. The molecule has 0 unspecified atom stereocenters. The van der Waals surface area contributed by atoms with Crippen molar-refractivity contribution >= 4 is 76.7 Å². The molecule has 0 saturated heterocycles. The van der Waals surface area contributed by atoms with Gasteiger partial charge < -0.3 is 24.8 Å². The lowest BCUT2D eigenvalue weighted by molar-refractivity contribution is -0.0435. The van der Waals surface area contributed by atoms with Gasteiger partial charge >= 0.3 is 5.51 Å². The van der Waals surface area contributed by atoms with Crippen LogP contribution in [0.3, 0.4) is 0 Å². The van der Waals surface area contributed by atoms with Gasteiger partial charge in [-0.3, -0.25) is 9.59 Å². The highest BCUT2D eigenvalue weighted by Gasteiger charge is 2.48. The molecule has 0 aliphatic carbocycles. The molecular weight excluding hydrogens is 872 g/mol. The quantitative estimate of drug-likeness (QED) is 0.0751. The van der Waals surface area contributed by atoms with Crippen LogP contribution in [0, 0.1) is 0 Å².